The molecule has 0 unspecified atom stereocenters. The van der Waals surface area contributed by atoms with Crippen molar-refractivity contribution in [1.29, 1.82) is 0 Å². The zero-order valence-corrected chi connectivity index (χ0v) is 13.5. The molecule has 1 saturated heterocycles. The Morgan fingerprint density at radius 1 is 1.30 bits per heavy atom. The fraction of sp³-hybridized carbons (Fsp3) is 0.562. The maximum absolute atomic E-state index is 4.69. The Labute approximate surface area is 126 Å². The van der Waals surface area contributed by atoms with Gasteiger partial charge in [-0.3, -0.25) is 4.99 Å². The van der Waals surface area contributed by atoms with Crippen LogP contribution < -0.4 is 10.2 Å². The summed E-state index contributed by atoms with van der Waals surface area (Å²) in [6.07, 6.45) is 2.28. The van der Waals surface area contributed by atoms with E-state index < -0.39 is 0 Å². The maximum Gasteiger partial charge on any atom is 0.156 e. The van der Waals surface area contributed by atoms with Crippen LogP contribution in [0.4, 0.5) is 5.69 Å². The molecule has 1 aliphatic heterocycles. The molecule has 1 aromatic rings. The van der Waals surface area contributed by atoms with E-state index in [2.05, 4.69) is 66.4 Å². The molecule has 0 aromatic heterocycles. The first-order valence-corrected chi connectivity index (χ1v) is 8.27. The van der Waals surface area contributed by atoms with Gasteiger partial charge in [-0.25, -0.2) is 0 Å². The van der Waals surface area contributed by atoms with Gasteiger partial charge in [-0.15, -0.1) is 0 Å². The van der Waals surface area contributed by atoms with Crippen LogP contribution in [0, 0.1) is 0 Å². The molecule has 0 amide bonds. The molecule has 20 heavy (non-hydrogen) atoms. The minimum Gasteiger partial charge on any atom is -0.375 e. The van der Waals surface area contributed by atoms with Gasteiger partial charge >= 0.3 is 0 Å². The number of rotatable bonds is 5. The first-order chi connectivity index (χ1) is 9.57. The Balaban J connectivity index is 1.73. The normalized spacial score (nSPS) is 19.6. The quantitative estimate of drug-likeness (QED) is 0.843. The second-order valence-corrected chi connectivity index (χ2v) is 6.99. The zero-order valence-electron chi connectivity index (χ0n) is 12.7. The van der Waals surface area contributed by atoms with Crippen LogP contribution >= 0.6 is 11.8 Å². The van der Waals surface area contributed by atoms with Gasteiger partial charge in [-0.2, -0.15) is 0 Å². The molecule has 4 heteroatoms. The van der Waals surface area contributed by atoms with Crippen LogP contribution in [0.5, 0.6) is 0 Å². The van der Waals surface area contributed by atoms with E-state index in [1.807, 2.05) is 11.8 Å². The summed E-state index contributed by atoms with van der Waals surface area (Å²) in [6.45, 7) is 6.41. The van der Waals surface area contributed by atoms with Crippen molar-refractivity contribution in [2.45, 2.75) is 32.2 Å². The molecule has 0 bridgehead atoms. The number of para-hydroxylation sites is 1. The van der Waals surface area contributed by atoms with Crippen LogP contribution in [0.1, 0.15) is 26.7 Å². The lowest BCUT2D eigenvalue weighted by molar-refractivity contribution is 0.446. The number of hydrogen-bond donors (Lipinski definition) is 1. The molecule has 1 heterocycles. The molecule has 0 radical (unpaired) electrons. The van der Waals surface area contributed by atoms with Gasteiger partial charge in [0.1, 0.15) is 0 Å². The van der Waals surface area contributed by atoms with Crippen LogP contribution in [-0.4, -0.2) is 36.6 Å². The van der Waals surface area contributed by atoms with Gasteiger partial charge < -0.3 is 10.2 Å². The first kappa shape index (κ1) is 15.2. The smallest absolute Gasteiger partial charge is 0.156 e. The van der Waals surface area contributed by atoms with E-state index in [1.54, 1.807) is 0 Å². The van der Waals surface area contributed by atoms with Gasteiger partial charge in [-0.05, 0) is 38.8 Å². The molecule has 0 spiro atoms. The molecule has 1 aromatic carbocycles. The van der Waals surface area contributed by atoms with Gasteiger partial charge in [-0.1, -0.05) is 30.0 Å². The predicted octanol–water partition coefficient (Wildman–Crippen LogP) is 3.37. The topological polar surface area (TPSA) is 27.6 Å². The third kappa shape index (κ3) is 4.75. The van der Waals surface area contributed by atoms with Crippen LogP contribution in [0.25, 0.3) is 0 Å². The van der Waals surface area contributed by atoms with Crippen molar-refractivity contribution in [3.8, 4) is 0 Å². The molecular weight excluding hydrogens is 266 g/mol. The number of amidine groups is 1. The summed E-state index contributed by atoms with van der Waals surface area (Å²) < 4.78 is 0. The van der Waals surface area contributed by atoms with E-state index in [0.717, 1.165) is 24.7 Å². The summed E-state index contributed by atoms with van der Waals surface area (Å²) in [6, 6.07) is 10.5. The van der Waals surface area contributed by atoms with E-state index >= 15 is 0 Å². The van der Waals surface area contributed by atoms with Gasteiger partial charge in [0.25, 0.3) is 0 Å². The Bertz CT molecular complexity index is 442. The van der Waals surface area contributed by atoms with Crippen molar-refractivity contribution in [3.63, 3.8) is 0 Å². The number of thioether (sulfide) groups is 1. The Hall–Kier alpha value is -1.16. The Morgan fingerprint density at radius 3 is 2.75 bits per heavy atom. The average Bonchev–Trinajstić information content (AvgIpc) is 2.43. The van der Waals surface area contributed by atoms with Crippen LogP contribution in [0.2, 0.25) is 0 Å². The van der Waals surface area contributed by atoms with Crippen LogP contribution in [0.3, 0.4) is 0 Å². The number of nitrogens with zero attached hydrogens (tertiary/aromatic N) is 2. The second kappa shape index (κ2) is 7.02. The van der Waals surface area contributed by atoms with E-state index in [-0.39, 0.29) is 5.54 Å². The van der Waals surface area contributed by atoms with E-state index in [4.69, 9.17) is 0 Å². The highest BCUT2D eigenvalue weighted by atomic mass is 32.2. The highest BCUT2D eigenvalue weighted by molar-refractivity contribution is 8.13. The first-order valence-electron chi connectivity index (χ1n) is 7.28. The number of nitrogens with one attached hydrogen (secondary N) is 1. The molecule has 3 nitrogen and oxygen atoms in total. The highest BCUT2D eigenvalue weighted by Gasteiger charge is 2.23. The Morgan fingerprint density at radius 2 is 2.05 bits per heavy atom. The number of benzene rings is 1. The average molecular weight is 291 g/mol. The zero-order chi connectivity index (χ0) is 14.4. The number of aliphatic imine (C=N–C) groups is 1. The third-order valence-corrected chi connectivity index (χ3v) is 4.43. The van der Waals surface area contributed by atoms with E-state index in [0.29, 0.717) is 0 Å². The third-order valence-electron chi connectivity index (χ3n) is 3.52. The molecular formula is C16H25N3S. The summed E-state index contributed by atoms with van der Waals surface area (Å²) in [4.78, 5) is 6.97. The van der Waals surface area contributed by atoms with Gasteiger partial charge in [0, 0.05) is 37.1 Å². The molecule has 110 valence electrons. The highest BCUT2D eigenvalue weighted by Crippen LogP contribution is 2.21. The van der Waals surface area contributed by atoms with Crippen molar-refractivity contribution >= 4 is 22.6 Å². The molecule has 1 fully saturated rings. The molecule has 0 saturated carbocycles. The molecule has 0 aliphatic carbocycles. The predicted molar refractivity (Wildman–Crippen MR) is 90.9 cm³/mol. The molecule has 0 atom stereocenters. The van der Waals surface area contributed by atoms with Crippen molar-refractivity contribution in [2.75, 3.05) is 30.8 Å². The molecule has 1 N–H and O–H groups in total. The van der Waals surface area contributed by atoms with Crippen LogP contribution in [0.15, 0.2) is 35.3 Å². The van der Waals surface area contributed by atoms with Crippen molar-refractivity contribution < 1.29 is 0 Å². The summed E-state index contributed by atoms with van der Waals surface area (Å²) in [5, 5.41) is 4.63. The lowest BCUT2D eigenvalue weighted by Gasteiger charge is -2.32. The van der Waals surface area contributed by atoms with Crippen molar-refractivity contribution in [1.82, 2.24) is 5.32 Å². The summed E-state index contributed by atoms with van der Waals surface area (Å²) in [5.74, 6) is 1.17. The summed E-state index contributed by atoms with van der Waals surface area (Å²) >= 11 is 1.85. The largest absolute Gasteiger partial charge is 0.375 e. The fourth-order valence-corrected chi connectivity index (χ4v) is 3.51. The SMILES string of the molecule is CN(CCCN=C1NC(C)(C)CCS1)c1ccccc1. The lowest BCUT2D eigenvalue weighted by atomic mass is 10.0. The summed E-state index contributed by atoms with van der Waals surface area (Å²) in [5.41, 5.74) is 1.47. The van der Waals surface area contributed by atoms with Crippen molar-refractivity contribution in [3.05, 3.63) is 30.3 Å². The van der Waals surface area contributed by atoms with Gasteiger partial charge in [0.05, 0.1) is 0 Å². The minimum atomic E-state index is 0.199. The summed E-state index contributed by atoms with van der Waals surface area (Å²) in [7, 11) is 2.14. The number of hydrogen-bond acceptors (Lipinski definition) is 3. The minimum absolute atomic E-state index is 0.199. The monoisotopic (exact) mass is 291 g/mol. The van der Waals surface area contributed by atoms with E-state index in [9.17, 15) is 0 Å². The fourth-order valence-electron chi connectivity index (χ4n) is 2.18. The van der Waals surface area contributed by atoms with Crippen LogP contribution in [-0.2, 0) is 0 Å². The second-order valence-electron chi connectivity index (χ2n) is 5.90. The molecule has 1 aliphatic rings. The van der Waals surface area contributed by atoms with Crippen molar-refractivity contribution in [2.24, 2.45) is 4.99 Å². The van der Waals surface area contributed by atoms with Gasteiger partial charge in [0.2, 0.25) is 0 Å². The molecule has 2 rings (SSSR count). The standard InChI is InChI=1S/C16H25N3S/c1-16(2)10-13-20-15(18-16)17-11-7-12-19(3)14-8-5-4-6-9-14/h4-6,8-9H,7,10-13H2,1-3H3,(H,17,18). The Kier molecular flexibility index (Phi) is 5.35. The lowest BCUT2D eigenvalue weighted by Crippen LogP contribution is -2.46. The van der Waals surface area contributed by atoms with E-state index in [1.165, 1.54) is 17.9 Å². The number of anilines is 1. The van der Waals surface area contributed by atoms with Gasteiger partial charge in [0.15, 0.2) is 5.17 Å². The maximum atomic E-state index is 4.69.